The van der Waals surface area contributed by atoms with Crippen molar-refractivity contribution in [3.63, 3.8) is 0 Å². The van der Waals surface area contributed by atoms with E-state index in [2.05, 4.69) is 5.32 Å². The highest BCUT2D eigenvalue weighted by Gasteiger charge is 2.10. The van der Waals surface area contributed by atoms with Crippen molar-refractivity contribution in [2.75, 3.05) is 20.3 Å². The average molecular weight is 251 g/mol. The lowest BCUT2D eigenvalue weighted by Gasteiger charge is -2.22. The molecule has 1 aliphatic rings. The predicted octanol–water partition coefficient (Wildman–Crippen LogP) is 2.16. The highest BCUT2D eigenvalue weighted by Crippen LogP contribution is 2.06. The fourth-order valence-corrected chi connectivity index (χ4v) is 1.85. The lowest BCUT2D eigenvalue weighted by Crippen LogP contribution is -2.37. The first-order valence-electron chi connectivity index (χ1n) is 6.24. The first-order chi connectivity index (χ1) is 8.74. The van der Waals surface area contributed by atoms with Crippen LogP contribution in [0.5, 0.6) is 0 Å². The van der Waals surface area contributed by atoms with E-state index in [1.54, 1.807) is 37.4 Å². The maximum Gasteiger partial charge on any atom is 0.335 e. The Balaban J connectivity index is 0.000000180. The van der Waals surface area contributed by atoms with Gasteiger partial charge in [0.1, 0.15) is 0 Å². The van der Waals surface area contributed by atoms with E-state index in [9.17, 15) is 4.79 Å². The van der Waals surface area contributed by atoms with E-state index < -0.39 is 5.97 Å². The Bertz CT molecular complexity index is 331. The van der Waals surface area contributed by atoms with Gasteiger partial charge in [0.25, 0.3) is 0 Å². The Morgan fingerprint density at radius 2 is 2.11 bits per heavy atom. The van der Waals surface area contributed by atoms with Crippen molar-refractivity contribution in [3.8, 4) is 0 Å². The van der Waals surface area contributed by atoms with Gasteiger partial charge in [-0.05, 0) is 31.5 Å². The molecule has 0 saturated carbocycles. The Kier molecular flexibility index (Phi) is 7.06. The van der Waals surface area contributed by atoms with Crippen LogP contribution in [0, 0.1) is 0 Å². The number of carbonyl (C=O) groups is 1. The quantitative estimate of drug-likeness (QED) is 0.864. The molecule has 4 heteroatoms. The molecule has 1 fully saturated rings. The van der Waals surface area contributed by atoms with E-state index in [0.717, 1.165) is 6.61 Å². The summed E-state index contributed by atoms with van der Waals surface area (Å²) in [6, 6.07) is 8.92. The number of hydrogen-bond acceptors (Lipinski definition) is 3. The molecule has 1 aliphatic heterocycles. The van der Waals surface area contributed by atoms with Crippen molar-refractivity contribution in [2.45, 2.75) is 25.3 Å². The summed E-state index contributed by atoms with van der Waals surface area (Å²) in [5, 5.41) is 11.8. The molecule has 0 aliphatic carbocycles. The third-order valence-electron chi connectivity index (χ3n) is 2.80. The van der Waals surface area contributed by atoms with Gasteiger partial charge in [-0.3, -0.25) is 0 Å². The lowest BCUT2D eigenvalue weighted by molar-refractivity contribution is 0.0697. The molecule has 1 atom stereocenters. The molecule has 0 spiro atoms. The predicted molar refractivity (Wildman–Crippen MR) is 70.9 cm³/mol. The number of hydrogen-bond donors (Lipinski definition) is 2. The normalized spacial score (nSPS) is 18.6. The van der Waals surface area contributed by atoms with Crippen LogP contribution < -0.4 is 5.32 Å². The third kappa shape index (κ3) is 5.80. The van der Waals surface area contributed by atoms with Crippen LogP contribution in [0.15, 0.2) is 30.3 Å². The summed E-state index contributed by atoms with van der Waals surface area (Å²) < 4.78 is 5.02. The third-order valence-corrected chi connectivity index (χ3v) is 2.80. The maximum atomic E-state index is 10.2. The summed E-state index contributed by atoms with van der Waals surface area (Å²) in [6.45, 7) is 2.05. The molecule has 18 heavy (non-hydrogen) atoms. The van der Waals surface area contributed by atoms with Crippen LogP contribution in [0.3, 0.4) is 0 Å². The van der Waals surface area contributed by atoms with Gasteiger partial charge in [-0.1, -0.05) is 24.6 Å². The number of methoxy groups -OCH3 is 1. The zero-order chi connectivity index (χ0) is 13.2. The maximum absolute atomic E-state index is 10.2. The van der Waals surface area contributed by atoms with Crippen LogP contribution in [0.1, 0.15) is 29.6 Å². The van der Waals surface area contributed by atoms with E-state index in [1.165, 1.54) is 25.8 Å². The number of ether oxygens (including phenoxy) is 1. The van der Waals surface area contributed by atoms with E-state index >= 15 is 0 Å². The van der Waals surface area contributed by atoms with Crippen molar-refractivity contribution >= 4 is 5.97 Å². The topological polar surface area (TPSA) is 58.6 Å². The van der Waals surface area contributed by atoms with Gasteiger partial charge in [0, 0.05) is 13.2 Å². The fraction of sp³-hybridized carbons (Fsp3) is 0.500. The minimum atomic E-state index is -0.879. The Morgan fingerprint density at radius 1 is 1.39 bits per heavy atom. The number of aromatic carboxylic acids is 1. The molecule has 100 valence electrons. The van der Waals surface area contributed by atoms with Crippen LogP contribution >= 0.6 is 0 Å². The number of rotatable bonds is 3. The molecule has 2 rings (SSSR count). The number of nitrogens with one attached hydrogen (secondary N) is 1. The van der Waals surface area contributed by atoms with Crippen molar-refractivity contribution in [1.82, 2.24) is 5.32 Å². The molecular weight excluding hydrogens is 230 g/mol. The first-order valence-corrected chi connectivity index (χ1v) is 6.24. The van der Waals surface area contributed by atoms with Gasteiger partial charge in [-0.2, -0.15) is 0 Å². The van der Waals surface area contributed by atoms with Gasteiger partial charge < -0.3 is 15.2 Å². The van der Waals surface area contributed by atoms with Crippen LogP contribution in [-0.2, 0) is 4.74 Å². The second-order valence-corrected chi connectivity index (χ2v) is 4.27. The Labute approximate surface area is 108 Å². The smallest absolute Gasteiger partial charge is 0.335 e. The van der Waals surface area contributed by atoms with Gasteiger partial charge in [-0.25, -0.2) is 4.79 Å². The molecule has 0 aromatic heterocycles. The molecule has 0 amide bonds. The largest absolute Gasteiger partial charge is 0.478 e. The van der Waals surface area contributed by atoms with Crippen molar-refractivity contribution < 1.29 is 14.6 Å². The Hall–Kier alpha value is -1.39. The Morgan fingerprint density at radius 3 is 2.56 bits per heavy atom. The van der Waals surface area contributed by atoms with Crippen LogP contribution in [-0.4, -0.2) is 37.4 Å². The minimum absolute atomic E-state index is 0.331. The summed E-state index contributed by atoms with van der Waals surface area (Å²) >= 11 is 0. The molecular formula is C14H21NO3. The molecule has 0 bridgehead atoms. The number of carboxylic acid groups (broad SMARTS) is 1. The van der Waals surface area contributed by atoms with Gasteiger partial charge in [0.15, 0.2) is 0 Å². The highest BCUT2D eigenvalue weighted by atomic mass is 16.5. The van der Waals surface area contributed by atoms with Crippen LogP contribution in [0.2, 0.25) is 0 Å². The molecule has 1 saturated heterocycles. The number of benzene rings is 1. The highest BCUT2D eigenvalue weighted by molar-refractivity contribution is 5.87. The molecule has 1 heterocycles. The summed E-state index contributed by atoms with van der Waals surface area (Å²) in [6.07, 6.45) is 3.98. The minimum Gasteiger partial charge on any atom is -0.478 e. The van der Waals surface area contributed by atoms with Gasteiger partial charge in [0.05, 0.1) is 12.2 Å². The summed E-state index contributed by atoms with van der Waals surface area (Å²) in [5.41, 5.74) is 0.331. The standard InChI is InChI=1S/C7H15NO.C7H6O2/c1-9-6-7-4-2-3-5-8-7;8-7(9)6-4-2-1-3-5-6/h7-8H,2-6H2,1H3;1-5H,(H,8,9). The summed E-state index contributed by atoms with van der Waals surface area (Å²) in [7, 11) is 1.76. The summed E-state index contributed by atoms with van der Waals surface area (Å²) in [4.78, 5) is 10.2. The fourth-order valence-electron chi connectivity index (χ4n) is 1.85. The van der Waals surface area contributed by atoms with Crippen LogP contribution in [0.25, 0.3) is 0 Å². The SMILES string of the molecule is COCC1CCCCN1.O=C(O)c1ccccc1. The van der Waals surface area contributed by atoms with Crippen molar-refractivity contribution in [3.05, 3.63) is 35.9 Å². The van der Waals surface area contributed by atoms with Crippen LogP contribution in [0.4, 0.5) is 0 Å². The lowest BCUT2D eigenvalue weighted by atomic mass is 10.1. The van der Waals surface area contributed by atoms with Gasteiger partial charge in [-0.15, -0.1) is 0 Å². The molecule has 1 aromatic carbocycles. The van der Waals surface area contributed by atoms with E-state index in [-0.39, 0.29) is 0 Å². The first kappa shape index (κ1) is 14.7. The van der Waals surface area contributed by atoms with E-state index in [0.29, 0.717) is 11.6 Å². The number of piperidine rings is 1. The molecule has 2 N–H and O–H groups in total. The van der Waals surface area contributed by atoms with Gasteiger partial charge in [0.2, 0.25) is 0 Å². The second-order valence-electron chi connectivity index (χ2n) is 4.27. The van der Waals surface area contributed by atoms with E-state index in [4.69, 9.17) is 9.84 Å². The van der Waals surface area contributed by atoms with Gasteiger partial charge >= 0.3 is 5.97 Å². The second kappa shape index (κ2) is 8.66. The monoisotopic (exact) mass is 251 g/mol. The van der Waals surface area contributed by atoms with E-state index in [1.807, 2.05) is 0 Å². The van der Waals surface area contributed by atoms with Crippen molar-refractivity contribution in [1.29, 1.82) is 0 Å². The summed E-state index contributed by atoms with van der Waals surface area (Å²) in [5.74, 6) is -0.879. The zero-order valence-corrected chi connectivity index (χ0v) is 10.8. The number of carboxylic acids is 1. The zero-order valence-electron chi connectivity index (χ0n) is 10.8. The molecule has 1 aromatic rings. The molecule has 0 radical (unpaired) electrons. The molecule has 4 nitrogen and oxygen atoms in total. The average Bonchev–Trinajstić information content (AvgIpc) is 2.42. The molecule has 1 unspecified atom stereocenters. The van der Waals surface area contributed by atoms with Crippen molar-refractivity contribution in [2.24, 2.45) is 0 Å².